The lowest BCUT2D eigenvalue weighted by Crippen LogP contribution is -2.08. The van der Waals surface area contributed by atoms with E-state index in [0.29, 0.717) is 5.56 Å². The van der Waals surface area contributed by atoms with Crippen molar-refractivity contribution in [2.45, 2.75) is 46.5 Å². The first-order chi connectivity index (χ1) is 6.69. The van der Waals surface area contributed by atoms with Crippen LogP contribution < -0.4 is 5.63 Å². The number of hydrogen-bond acceptors (Lipinski definition) is 2. The second kappa shape index (κ2) is 4.99. The van der Waals surface area contributed by atoms with E-state index in [2.05, 4.69) is 13.8 Å². The van der Waals surface area contributed by atoms with E-state index in [1.54, 1.807) is 6.92 Å². The van der Waals surface area contributed by atoms with Gasteiger partial charge in [0.2, 0.25) is 0 Å². The second-order valence-electron chi connectivity index (χ2n) is 3.67. The van der Waals surface area contributed by atoms with E-state index < -0.39 is 0 Å². The van der Waals surface area contributed by atoms with Gasteiger partial charge >= 0.3 is 5.63 Å². The zero-order valence-electron chi connectivity index (χ0n) is 9.22. The molecule has 0 aromatic carbocycles. The van der Waals surface area contributed by atoms with Gasteiger partial charge in [-0.1, -0.05) is 20.3 Å². The van der Waals surface area contributed by atoms with E-state index in [4.69, 9.17) is 4.42 Å². The van der Waals surface area contributed by atoms with Crippen molar-refractivity contribution in [2.24, 2.45) is 0 Å². The molecule has 0 saturated carbocycles. The monoisotopic (exact) mass is 194 g/mol. The Balaban J connectivity index is 3.10. The Morgan fingerprint density at radius 3 is 2.43 bits per heavy atom. The Hall–Kier alpha value is -1.05. The normalized spacial score (nSPS) is 10.5. The lowest BCUT2D eigenvalue weighted by Gasteiger charge is -2.06. The minimum Gasteiger partial charge on any atom is -0.427 e. The third kappa shape index (κ3) is 2.47. The molecule has 2 heteroatoms. The summed E-state index contributed by atoms with van der Waals surface area (Å²) in [5, 5.41) is 0. The topological polar surface area (TPSA) is 30.2 Å². The number of aryl methyl sites for hydroxylation is 3. The summed E-state index contributed by atoms with van der Waals surface area (Å²) in [6, 6.07) is 1.97. The van der Waals surface area contributed by atoms with Crippen molar-refractivity contribution >= 4 is 0 Å². The Kier molecular flexibility index (Phi) is 3.93. The molecule has 0 spiro atoms. The Bertz CT molecular complexity index is 350. The molecule has 14 heavy (non-hydrogen) atoms. The average molecular weight is 194 g/mol. The maximum atomic E-state index is 11.3. The molecule has 0 aliphatic rings. The summed E-state index contributed by atoms with van der Waals surface area (Å²) in [6.07, 6.45) is 3.97. The molecule has 1 heterocycles. The van der Waals surface area contributed by atoms with Crippen LogP contribution in [0.4, 0.5) is 0 Å². The van der Waals surface area contributed by atoms with Crippen molar-refractivity contribution in [3.63, 3.8) is 0 Å². The molecule has 0 aliphatic heterocycles. The highest BCUT2D eigenvalue weighted by molar-refractivity contribution is 5.22. The molecule has 2 nitrogen and oxygen atoms in total. The molecule has 1 aromatic rings. The lowest BCUT2D eigenvalue weighted by molar-refractivity contribution is 0.444. The van der Waals surface area contributed by atoms with Crippen LogP contribution in [0.15, 0.2) is 15.3 Å². The fraction of sp³-hybridized carbons (Fsp3) is 0.583. The Morgan fingerprint density at radius 1 is 1.21 bits per heavy atom. The first kappa shape index (κ1) is 11.0. The van der Waals surface area contributed by atoms with Crippen LogP contribution in [0, 0.1) is 6.92 Å². The SMILES string of the molecule is CCCc1cc(C)c(=O)oc1CCC. The van der Waals surface area contributed by atoms with E-state index in [0.717, 1.165) is 31.4 Å². The van der Waals surface area contributed by atoms with Crippen LogP contribution in [0.3, 0.4) is 0 Å². The van der Waals surface area contributed by atoms with Gasteiger partial charge in [-0.2, -0.15) is 0 Å². The zero-order chi connectivity index (χ0) is 10.6. The van der Waals surface area contributed by atoms with Crippen molar-refractivity contribution in [3.05, 3.63) is 33.4 Å². The van der Waals surface area contributed by atoms with Crippen molar-refractivity contribution in [3.8, 4) is 0 Å². The molecule has 0 saturated heterocycles. The molecular formula is C12H18O2. The molecule has 0 unspecified atom stereocenters. The summed E-state index contributed by atoms with van der Waals surface area (Å²) < 4.78 is 5.28. The fourth-order valence-electron chi connectivity index (χ4n) is 1.58. The van der Waals surface area contributed by atoms with Gasteiger partial charge in [-0.3, -0.25) is 0 Å². The predicted molar refractivity (Wildman–Crippen MR) is 57.7 cm³/mol. The highest BCUT2D eigenvalue weighted by atomic mass is 16.4. The summed E-state index contributed by atoms with van der Waals surface area (Å²) in [7, 11) is 0. The van der Waals surface area contributed by atoms with Crippen LogP contribution in [0.2, 0.25) is 0 Å². The van der Waals surface area contributed by atoms with E-state index in [1.165, 1.54) is 5.56 Å². The molecule has 0 bridgehead atoms. The van der Waals surface area contributed by atoms with Gasteiger partial charge in [0.15, 0.2) is 0 Å². The maximum absolute atomic E-state index is 11.3. The number of hydrogen-bond donors (Lipinski definition) is 0. The molecule has 0 aliphatic carbocycles. The molecule has 0 atom stereocenters. The van der Waals surface area contributed by atoms with Crippen molar-refractivity contribution in [1.82, 2.24) is 0 Å². The first-order valence-corrected chi connectivity index (χ1v) is 5.31. The molecule has 0 fully saturated rings. The summed E-state index contributed by atoms with van der Waals surface area (Å²) in [5.74, 6) is 0.880. The van der Waals surface area contributed by atoms with Gasteiger partial charge in [0.05, 0.1) is 0 Å². The molecule has 1 rings (SSSR count). The largest absolute Gasteiger partial charge is 0.427 e. The molecule has 0 N–H and O–H groups in total. The second-order valence-corrected chi connectivity index (χ2v) is 3.67. The molecular weight excluding hydrogens is 176 g/mol. The Morgan fingerprint density at radius 2 is 1.86 bits per heavy atom. The van der Waals surface area contributed by atoms with Crippen LogP contribution in [-0.2, 0) is 12.8 Å². The van der Waals surface area contributed by atoms with E-state index in [1.807, 2.05) is 6.07 Å². The van der Waals surface area contributed by atoms with Crippen LogP contribution in [0.1, 0.15) is 43.6 Å². The van der Waals surface area contributed by atoms with Gasteiger partial charge in [-0.05, 0) is 31.4 Å². The first-order valence-electron chi connectivity index (χ1n) is 5.31. The molecule has 0 radical (unpaired) electrons. The third-order valence-electron chi connectivity index (χ3n) is 2.28. The predicted octanol–water partition coefficient (Wildman–Crippen LogP) is 2.85. The third-order valence-corrected chi connectivity index (χ3v) is 2.28. The Labute approximate surface area is 85.0 Å². The van der Waals surface area contributed by atoms with Gasteiger partial charge in [0.25, 0.3) is 0 Å². The average Bonchev–Trinajstić information content (AvgIpc) is 2.14. The summed E-state index contributed by atoms with van der Waals surface area (Å²) >= 11 is 0. The molecule has 1 aromatic heterocycles. The zero-order valence-corrected chi connectivity index (χ0v) is 9.22. The van der Waals surface area contributed by atoms with Crippen molar-refractivity contribution < 1.29 is 4.42 Å². The highest BCUT2D eigenvalue weighted by Gasteiger charge is 2.06. The van der Waals surface area contributed by atoms with Crippen LogP contribution >= 0.6 is 0 Å². The fourth-order valence-corrected chi connectivity index (χ4v) is 1.58. The number of rotatable bonds is 4. The van der Waals surface area contributed by atoms with Crippen molar-refractivity contribution in [2.75, 3.05) is 0 Å². The van der Waals surface area contributed by atoms with Crippen LogP contribution in [-0.4, -0.2) is 0 Å². The van der Waals surface area contributed by atoms with Gasteiger partial charge in [0.1, 0.15) is 5.76 Å². The van der Waals surface area contributed by atoms with Gasteiger partial charge in [-0.15, -0.1) is 0 Å². The maximum Gasteiger partial charge on any atom is 0.338 e. The summed E-state index contributed by atoms with van der Waals surface area (Å²) in [5.41, 5.74) is 1.73. The van der Waals surface area contributed by atoms with E-state index in [9.17, 15) is 4.79 Å². The smallest absolute Gasteiger partial charge is 0.338 e. The minimum atomic E-state index is -0.187. The highest BCUT2D eigenvalue weighted by Crippen LogP contribution is 2.12. The van der Waals surface area contributed by atoms with E-state index >= 15 is 0 Å². The van der Waals surface area contributed by atoms with Crippen LogP contribution in [0.25, 0.3) is 0 Å². The quantitative estimate of drug-likeness (QED) is 0.737. The van der Waals surface area contributed by atoms with Gasteiger partial charge in [-0.25, -0.2) is 4.79 Å². The molecule has 78 valence electrons. The molecule has 0 amide bonds. The van der Waals surface area contributed by atoms with Gasteiger partial charge < -0.3 is 4.42 Å². The van der Waals surface area contributed by atoms with Gasteiger partial charge in [0, 0.05) is 12.0 Å². The van der Waals surface area contributed by atoms with E-state index in [-0.39, 0.29) is 5.63 Å². The summed E-state index contributed by atoms with van der Waals surface area (Å²) in [6.45, 7) is 6.03. The van der Waals surface area contributed by atoms with Crippen molar-refractivity contribution in [1.29, 1.82) is 0 Å². The lowest BCUT2D eigenvalue weighted by atomic mass is 10.1. The minimum absolute atomic E-state index is 0.187. The van der Waals surface area contributed by atoms with Crippen LogP contribution in [0.5, 0.6) is 0 Å². The summed E-state index contributed by atoms with van der Waals surface area (Å²) in [4.78, 5) is 11.3. The standard InChI is InChI=1S/C12H18O2/c1-4-6-10-8-9(3)12(13)14-11(10)7-5-2/h8H,4-7H2,1-3H3.